The molecular weight excluding hydrogens is 1400 g/mol. The number of hydrogen-bond donors (Lipinski definition) is 3. The zero-order valence-corrected chi connectivity index (χ0v) is 62.3. The van der Waals surface area contributed by atoms with Crippen molar-refractivity contribution in [3.8, 4) is 62.1 Å². The first-order valence-corrected chi connectivity index (χ1v) is 37.8. The van der Waals surface area contributed by atoms with Crippen LogP contribution in [-0.4, -0.2) is 83.6 Å². The maximum atomic E-state index is 12.8. The Balaban J connectivity index is 0.000000183. The number of ether oxygens (including phenoxy) is 5. The number of aryl methyl sites for hydroxylation is 5. The predicted octanol–water partition coefficient (Wildman–Crippen LogP) is 17.9. The van der Waals surface area contributed by atoms with Crippen molar-refractivity contribution in [1.29, 1.82) is 0 Å². The highest BCUT2D eigenvalue weighted by Crippen LogP contribution is 2.38. The summed E-state index contributed by atoms with van der Waals surface area (Å²) in [4.78, 5) is -0.451. The maximum Gasteiger partial charge on any atom is 0.298 e. The quantitative estimate of drug-likeness (QED) is 0.0294. The van der Waals surface area contributed by atoms with Crippen molar-refractivity contribution in [3.05, 3.63) is 288 Å². The summed E-state index contributed by atoms with van der Waals surface area (Å²) in [6.07, 6.45) is 0. The minimum atomic E-state index is -4.70. The number of sulfone groups is 2. The van der Waals surface area contributed by atoms with Gasteiger partial charge in [-0.2, -0.15) is 16.8 Å². The molecule has 0 amide bonds. The summed E-state index contributed by atoms with van der Waals surface area (Å²) in [7, 11) is -8.94. The Morgan fingerprint density at radius 2 is 0.716 bits per heavy atom. The lowest BCUT2D eigenvalue weighted by atomic mass is 9.78. The van der Waals surface area contributed by atoms with Gasteiger partial charge in [0.25, 0.3) is 20.2 Å². The molecular formula is C79H80O18S5. The fourth-order valence-electron chi connectivity index (χ4n) is 10.3. The third-order valence-electron chi connectivity index (χ3n) is 16.2. The van der Waals surface area contributed by atoms with Gasteiger partial charge in [-0.25, -0.2) is 22.1 Å². The summed E-state index contributed by atoms with van der Waals surface area (Å²) < 4.78 is 143. The molecule has 0 aliphatic heterocycles. The van der Waals surface area contributed by atoms with Crippen LogP contribution in [0.5, 0.6) is 28.7 Å². The Kier molecular flexibility index (Phi) is 28.0. The first-order valence-electron chi connectivity index (χ1n) is 31.3. The van der Waals surface area contributed by atoms with Crippen molar-refractivity contribution in [2.45, 2.75) is 88.1 Å². The summed E-state index contributed by atoms with van der Waals surface area (Å²) in [5, 5.41) is 11.7. The number of hydrogen-bond acceptors (Lipinski definition) is 17. The molecule has 0 spiro atoms. The minimum Gasteiger partial charge on any atom is -0.497 e. The summed E-state index contributed by atoms with van der Waals surface area (Å²) in [6.45, 7) is 14.1. The van der Waals surface area contributed by atoms with Gasteiger partial charge in [-0.1, -0.05) is 170 Å². The Morgan fingerprint density at radius 3 is 1.21 bits per heavy atom. The SMILES string of the molecule is COc1ccc(-c2ccc(C)c(-c3ccccc3)c2)cc1-c1ccccc1.COc1ccc(C(C)(C)c2ccc(C)cc2)cc1.COc1ccc(C)cc1S(=O)(=O)O.COc1ccc(S(=O)(=O)c2ccc(C)c(SOOO)c2)cc1S(=O)(=O)O.COc1ccc(S(=O)(=O)c2ccc(C)cc2)cc1. The highest BCUT2D eigenvalue weighted by molar-refractivity contribution is 7.94. The molecule has 0 aliphatic carbocycles. The van der Waals surface area contributed by atoms with Gasteiger partial charge in [0.1, 0.15) is 38.5 Å². The van der Waals surface area contributed by atoms with Crippen LogP contribution in [0.15, 0.2) is 283 Å². The minimum absolute atomic E-state index is 0.0139. The molecule has 0 radical (unpaired) electrons. The highest BCUT2D eigenvalue weighted by atomic mass is 32.2. The van der Waals surface area contributed by atoms with E-state index in [1.165, 1.54) is 89.1 Å². The van der Waals surface area contributed by atoms with Crippen LogP contribution in [0.3, 0.4) is 0 Å². The molecule has 11 aromatic carbocycles. The topological polar surface area (TPSA) is 262 Å². The average Bonchev–Trinajstić information content (AvgIpc) is 0.779. The highest BCUT2D eigenvalue weighted by Gasteiger charge is 2.26. The van der Waals surface area contributed by atoms with E-state index in [0.717, 1.165) is 52.0 Å². The monoisotopic (exact) mass is 1480 g/mol. The molecule has 0 aliphatic rings. The molecule has 0 aromatic heterocycles. The Labute approximate surface area is 602 Å². The smallest absolute Gasteiger partial charge is 0.298 e. The van der Waals surface area contributed by atoms with Gasteiger partial charge in [-0.05, 0) is 199 Å². The fourth-order valence-corrected chi connectivity index (χ4v) is 14.9. The average molecular weight is 1480 g/mol. The lowest BCUT2D eigenvalue weighted by molar-refractivity contribution is -0.432. The first-order chi connectivity index (χ1) is 48.4. The van der Waals surface area contributed by atoms with E-state index in [1.54, 1.807) is 89.8 Å². The van der Waals surface area contributed by atoms with E-state index in [1.807, 2.05) is 25.1 Å². The largest absolute Gasteiger partial charge is 0.497 e. The number of rotatable bonds is 19. The van der Waals surface area contributed by atoms with Crippen LogP contribution in [0.4, 0.5) is 0 Å². The number of methoxy groups -OCH3 is 5. The van der Waals surface area contributed by atoms with Crippen molar-refractivity contribution < 1.29 is 81.1 Å². The maximum absolute atomic E-state index is 12.8. The molecule has 0 saturated carbocycles. The van der Waals surface area contributed by atoms with Gasteiger partial charge in [0.2, 0.25) is 19.7 Å². The summed E-state index contributed by atoms with van der Waals surface area (Å²) in [5.74, 6) is 2.38. The van der Waals surface area contributed by atoms with Crippen LogP contribution in [0, 0.1) is 34.6 Å². The molecule has 0 heterocycles. The van der Waals surface area contributed by atoms with E-state index in [4.69, 9.17) is 33.5 Å². The molecule has 23 heteroatoms. The third-order valence-corrected chi connectivity index (χ3v) is 22.2. The second-order valence-electron chi connectivity index (χ2n) is 23.5. The Morgan fingerprint density at radius 1 is 0.343 bits per heavy atom. The van der Waals surface area contributed by atoms with Gasteiger partial charge in [0.15, 0.2) is 0 Å². The normalized spacial score (nSPS) is 11.3. The zero-order valence-electron chi connectivity index (χ0n) is 58.2. The summed E-state index contributed by atoms with van der Waals surface area (Å²) in [5.41, 5.74) is 14.8. The van der Waals surface area contributed by atoms with E-state index >= 15 is 0 Å². The second kappa shape index (κ2) is 35.8. The lowest BCUT2D eigenvalue weighted by Crippen LogP contribution is -2.18. The molecule has 102 heavy (non-hydrogen) atoms. The third kappa shape index (κ3) is 21.0. The molecule has 0 unspecified atom stereocenters. The molecule has 534 valence electrons. The Hall–Kier alpha value is -9.63. The van der Waals surface area contributed by atoms with E-state index < -0.39 is 44.8 Å². The van der Waals surface area contributed by atoms with Gasteiger partial charge < -0.3 is 23.7 Å². The van der Waals surface area contributed by atoms with Crippen molar-refractivity contribution in [3.63, 3.8) is 0 Å². The van der Waals surface area contributed by atoms with E-state index in [9.17, 15) is 38.2 Å². The Bertz CT molecular complexity index is 5080. The summed E-state index contributed by atoms with van der Waals surface area (Å²) in [6, 6.07) is 76.0. The first kappa shape index (κ1) is 79.7. The van der Waals surface area contributed by atoms with Crippen LogP contribution in [0.2, 0.25) is 0 Å². The lowest BCUT2D eigenvalue weighted by Gasteiger charge is -2.26. The van der Waals surface area contributed by atoms with E-state index in [-0.39, 0.29) is 36.5 Å². The van der Waals surface area contributed by atoms with Crippen molar-refractivity contribution in [2.24, 2.45) is 0 Å². The molecule has 11 aromatic rings. The van der Waals surface area contributed by atoms with Gasteiger partial charge in [-0.3, -0.25) is 9.11 Å². The van der Waals surface area contributed by atoms with Gasteiger partial charge in [-0.15, -0.1) is 4.33 Å². The molecule has 0 saturated heterocycles. The number of benzene rings is 11. The van der Waals surface area contributed by atoms with Crippen LogP contribution >= 0.6 is 12.0 Å². The summed E-state index contributed by atoms with van der Waals surface area (Å²) >= 11 is 0.593. The predicted molar refractivity (Wildman–Crippen MR) is 398 cm³/mol. The van der Waals surface area contributed by atoms with Crippen LogP contribution in [-0.2, 0) is 54.7 Å². The van der Waals surface area contributed by atoms with Crippen LogP contribution in [0.1, 0.15) is 52.8 Å². The van der Waals surface area contributed by atoms with Gasteiger partial charge >= 0.3 is 0 Å². The molecule has 18 nitrogen and oxygen atoms in total. The second-order valence-corrected chi connectivity index (χ2v) is 30.9. The zero-order chi connectivity index (χ0) is 74.6. The molecule has 3 N–H and O–H groups in total. The van der Waals surface area contributed by atoms with Crippen LogP contribution < -0.4 is 23.7 Å². The standard InChI is InChI=1S/C26H22O.C17H20O.C14H14O9S3.C14H14O3S.C8H10O4S/c1-19-13-14-22(17-24(19)20-9-5-3-6-10-20)23-15-16-26(27-2)25(18-23)21-11-7-4-8-12-21;1-13-5-7-14(8-6-13)17(2,3)15-9-11-16(18-4)12-10-15;1-9-3-4-10(7-13(9)24-23-22-15)25(16,17)11-5-6-12(21-2)14(8-11)26(18,19)20;1-11-3-7-13(8-4-11)18(15,16)14-9-5-12(17-2)6-10-14;1-6-3-4-7(12-2)8(5-6)13(9,10)11/h3-18H,1-2H3;5-12H,1-4H3;3-8,15H,1-2H3,(H,18,19,20);3-10H,1-2H3;3-5H,1-2H3,(H,9,10,11). The van der Waals surface area contributed by atoms with Crippen molar-refractivity contribution in [2.75, 3.05) is 35.5 Å². The van der Waals surface area contributed by atoms with Crippen molar-refractivity contribution in [1.82, 2.24) is 0 Å². The van der Waals surface area contributed by atoms with Crippen LogP contribution in [0.25, 0.3) is 33.4 Å². The molecule has 11 rings (SSSR count). The van der Waals surface area contributed by atoms with Gasteiger partial charge in [0.05, 0.1) is 67.2 Å². The van der Waals surface area contributed by atoms with Crippen molar-refractivity contribution >= 4 is 52.0 Å². The van der Waals surface area contributed by atoms with Gasteiger partial charge in [0, 0.05) is 15.9 Å². The molecule has 0 atom stereocenters. The fraction of sp³-hybridized carbons (Fsp3) is 0.165. The van der Waals surface area contributed by atoms with E-state index in [2.05, 4.69) is 164 Å². The molecule has 0 fully saturated rings. The van der Waals surface area contributed by atoms with E-state index in [0.29, 0.717) is 33.1 Å². The molecule has 0 bridgehead atoms.